The lowest BCUT2D eigenvalue weighted by Gasteiger charge is -2.26. The van der Waals surface area contributed by atoms with E-state index in [1.54, 1.807) is 12.1 Å². The fraction of sp³-hybridized carbons (Fsp3) is 0.353. The number of nitrogens with one attached hydrogen (secondary N) is 1. The van der Waals surface area contributed by atoms with E-state index in [-0.39, 0.29) is 22.5 Å². The van der Waals surface area contributed by atoms with Gasteiger partial charge in [-0.15, -0.1) is 0 Å². The number of aryl methyl sites for hydroxylation is 1. The van der Waals surface area contributed by atoms with E-state index in [4.69, 9.17) is 0 Å². The summed E-state index contributed by atoms with van der Waals surface area (Å²) in [5.74, 6) is -0.422. The van der Waals surface area contributed by atoms with Gasteiger partial charge in [-0.05, 0) is 36.5 Å². The maximum absolute atomic E-state index is 12.3. The molecule has 0 spiro atoms. The molecule has 23 heavy (non-hydrogen) atoms. The van der Waals surface area contributed by atoms with Gasteiger partial charge in [0, 0.05) is 6.42 Å². The summed E-state index contributed by atoms with van der Waals surface area (Å²) in [6, 6.07) is 4.86. The van der Waals surface area contributed by atoms with E-state index in [9.17, 15) is 14.7 Å². The number of phenols is 1. The monoisotopic (exact) mass is 330 g/mol. The van der Waals surface area contributed by atoms with Gasteiger partial charge < -0.3 is 5.11 Å². The molecule has 0 radical (unpaired) electrons. The van der Waals surface area contributed by atoms with Crippen molar-refractivity contribution in [3.8, 4) is 5.75 Å². The number of anilines is 1. The van der Waals surface area contributed by atoms with E-state index in [2.05, 4.69) is 10.3 Å². The number of aromatic hydroxyl groups is 1. The molecule has 5 nitrogen and oxygen atoms in total. The van der Waals surface area contributed by atoms with Crippen LogP contribution in [0.2, 0.25) is 0 Å². The molecule has 1 aromatic heterocycles. The number of phenolic OH excluding ortho intramolecular Hbond substituents is 1. The summed E-state index contributed by atoms with van der Waals surface area (Å²) in [6.45, 7) is 5.91. The Balaban J connectivity index is 1.84. The van der Waals surface area contributed by atoms with Crippen LogP contribution in [-0.2, 0) is 6.42 Å². The highest BCUT2D eigenvalue weighted by Crippen LogP contribution is 2.38. The SMILES string of the molecule is Cc1ccc(C(=O)Nc2nc3c(s2)C(=O)CC(C)(C)C3)c(O)c1. The summed E-state index contributed by atoms with van der Waals surface area (Å²) < 4.78 is 0. The van der Waals surface area contributed by atoms with Crippen LogP contribution in [0.4, 0.5) is 5.13 Å². The molecular formula is C17H18N2O3S. The van der Waals surface area contributed by atoms with Crippen LogP contribution >= 0.6 is 11.3 Å². The van der Waals surface area contributed by atoms with Crippen molar-refractivity contribution >= 4 is 28.2 Å². The summed E-state index contributed by atoms with van der Waals surface area (Å²) in [7, 11) is 0. The predicted octanol–water partition coefficient (Wildman–Crippen LogP) is 3.56. The summed E-state index contributed by atoms with van der Waals surface area (Å²) in [5.41, 5.74) is 1.71. The lowest BCUT2D eigenvalue weighted by atomic mass is 9.78. The zero-order valence-electron chi connectivity index (χ0n) is 13.3. The lowest BCUT2D eigenvalue weighted by Crippen LogP contribution is -2.26. The molecule has 2 aromatic rings. The Morgan fingerprint density at radius 1 is 1.35 bits per heavy atom. The Labute approximate surface area is 138 Å². The van der Waals surface area contributed by atoms with Crippen molar-refractivity contribution in [3.05, 3.63) is 39.9 Å². The highest BCUT2D eigenvalue weighted by atomic mass is 32.1. The minimum atomic E-state index is -0.430. The molecule has 0 atom stereocenters. The third-order valence-electron chi connectivity index (χ3n) is 3.85. The average Bonchev–Trinajstić information content (AvgIpc) is 2.79. The smallest absolute Gasteiger partial charge is 0.261 e. The minimum absolute atomic E-state index is 0.0685. The van der Waals surface area contributed by atoms with Gasteiger partial charge in [-0.2, -0.15) is 0 Å². The summed E-state index contributed by atoms with van der Waals surface area (Å²) in [4.78, 5) is 29.5. The van der Waals surface area contributed by atoms with Crippen molar-refractivity contribution in [1.29, 1.82) is 0 Å². The first-order chi connectivity index (χ1) is 10.7. The van der Waals surface area contributed by atoms with Crippen LogP contribution in [-0.4, -0.2) is 21.8 Å². The highest BCUT2D eigenvalue weighted by molar-refractivity contribution is 7.17. The minimum Gasteiger partial charge on any atom is -0.507 e. The zero-order valence-corrected chi connectivity index (χ0v) is 14.1. The van der Waals surface area contributed by atoms with Crippen LogP contribution in [0.1, 0.15) is 51.6 Å². The molecule has 0 bridgehead atoms. The number of nitrogens with zero attached hydrogens (tertiary/aromatic N) is 1. The average molecular weight is 330 g/mol. The maximum atomic E-state index is 12.3. The van der Waals surface area contributed by atoms with Gasteiger partial charge in [-0.25, -0.2) is 4.98 Å². The molecule has 0 unspecified atom stereocenters. The number of hydrogen-bond donors (Lipinski definition) is 2. The van der Waals surface area contributed by atoms with E-state index in [1.807, 2.05) is 20.8 Å². The quantitative estimate of drug-likeness (QED) is 0.882. The fourth-order valence-corrected chi connectivity index (χ4v) is 3.69. The van der Waals surface area contributed by atoms with Gasteiger partial charge in [0.25, 0.3) is 5.91 Å². The van der Waals surface area contributed by atoms with Gasteiger partial charge in [0.2, 0.25) is 0 Å². The van der Waals surface area contributed by atoms with E-state index >= 15 is 0 Å². The predicted molar refractivity (Wildman–Crippen MR) is 89.3 cm³/mol. The van der Waals surface area contributed by atoms with Crippen LogP contribution in [0.15, 0.2) is 18.2 Å². The number of thiazole rings is 1. The molecule has 0 saturated carbocycles. The van der Waals surface area contributed by atoms with Crippen molar-refractivity contribution in [1.82, 2.24) is 4.98 Å². The van der Waals surface area contributed by atoms with Gasteiger partial charge in [-0.1, -0.05) is 31.3 Å². The number of fused-ring (bicyclic) bond motifs is 1. The molecule has 1 heterocycles. The van der Waals surface area contributed by atoms with E-state index in [0.29, 0.717) is 16.4 Å². The second-order valence-electron chi connectivity index (χ2n) is 6.71. The Hall–Kier alpha value is -2.21. The standard InChI is InChI=1S/C17H18N2O3S/c1-9-4-5-10(12(20)6-9)15(22)19-16-18-11-7-17(2,3)8-13(21)14(11)23-16/h4-6,20H,7-8H2,1-3H3,(H,18,19,22). The van der Waals surface area contributed by atoms with Gasteiger partial charge in [0.1, 0.15) is 5.75 Å². The number of carbonyl (C=O) groups excluding carboxylic acids is 2. The molecule has 1 amide bonds. The van der Waals surface area contributed by atoms with Gasteiger partial charge in [0.05, 0.1) is 16.1 Å². The van der Waals surface area contributed by atoms with Crippen LogP contribution in [0.3, 0.4) is 0 Å². The Kier molecular flexibility index (Phi) is 3.72. The topological polar surface area (TPSA) is 79.3 Å². The first-order valence-corrected chi connectivity index (χ1v) is 8.21. The van der Waals surface area contributed by atoms with Crippen molar-refractivity contribution in [3.63, 3.8) is 0 Å². The van der Waals surface area contributed by atoms with Crippen molar-refractivity contribution in [2.45, 2.75) is 33.6 Å². The summed E-state index contributed by atoms with van der Waals surface area (Å²) >= 11 is 1.20. The molecule has 0 saturated heterocycles. The number of hydrogen-bond acceptors (Lipinski definition) is 5. The Bertz CT molecular complexity index is 808. The number of ketones is 1. The van der Waals surface area contributed by atoms with Crippen molar-refractivity contribution in [2.75, 3.05) is 5.32 Å². The van der Waals surface area contributed by atoms with Crippen LogP contribution in [0.5, 0.6) is 5.75 Å². The fourth-order valence-electron chi connectivity index (χ4n) is 2.77. The van der Waals surface area contributed by atoms with Crippen LogP contribution in [0.25, 0.3) is 0 Å². The molecular weight excluding hydrogens is 312 g/mol. The summed E-state index contributed by atoms with van der Waals surface area (Å²) in [6.07, 6.45) is 1.21. The number of benzene rings is 1. The molecule has 120 valence electrons. The van der Waals surface area contributed by atoms with Crippen molar-refractivity contribution < 1.29 is 14.7 Å². The highest BCUT2D eigenvalue weighted by Gasteiger charge is 2.34. The molecule has 0 fully saturated rings. The third kappa shape index (κ3) is 3.12. The largest absolute Gasteiger partial charge is 0.507 e. The van der Waals surface area contributed by atoms with E-state index in [1.165, 1.54) is 17.4 Å². The first kappa shape index (κ1) is 15.7. The van der Waals surface area contributed by atoms with Crippen LogP contribution < -0.4 is 5.32 Å². The molecule has 1 aromatic carbocycles. The lowest BCUT2D eigenvalue weighted by molar-refractivity contribution is 0.0915. The number of rotatable bonds is 2. The Morgan fingerprint density at radius 2 is 2.09 bits per heavy atom. The van der Waals surface area contributed by atoms with Gasteiger partial charge >= 0.3 is 0 Å². The number of Topliss-reactive ketones (excluding diaryl/α,β-unsaturated/α-hetero) is 1. The van der Waals surface area contributed by atoms with E-state index in [0.717, 1.165) is 17.7 Å². The molecule has 1 aliphatic rings. The second-order valence-corrected chi connectivity index (χ2v) is 7.71. The molecule has 0 aliphatic heterocycles. The molecule has 3 rings (SSSR count). The van der Waals surface area contributed by atoms with E-state index < -0.39 is 5.91 Å². The van der Waals surface area contributed by atoms with Gasteiger partial charge in [0.15, 0.2) is 10.9 Å². The molecule has 1 aliphatic carbocycles. The maximum Gasteiger partial charge on any atom is 0.261 e. The molecule has 6 heteroatoms. The first-order valence-electron chi connectivity index (χ1n) is 7.39. The Morgan fingerprint density at radius 3 is 2.78 bits per heavy atom. The van der Waals surface area contributed by atoms with Crippen molar-refractivity contribution in [2.24, 2.45) is 5.41 Å². The van der Waals surface area contributed by atoms with Crippen LogP contribution in [0, 0.1) is 12.3 Å². The van der Waals surface area contributed by atoms with Gasteiger partial charge in [-0.3, -0.25) is 14.9 Å². The third-order valence-corrected chi connectivity index (χ3v) is 4.91. The normalized spacial score (nSPS) is 16.0. The number of carbonyl (C=O) groups is 2. The zero-order chi connectivity index (χ0) is 16.8. The molecule has 2 N–H and O–H groups in total. The second kappa shape index (κ2) is 5.45. The number of amides is 1. The number of aromatic nitrogens is 1. The summed E-state index contributed by atoms with van der Waals surface area (Å²) in [5, 5.41) is 13.0.